The van der Waals surface area contributed by atoms with Gasteiger partial charge in [0.2, 0.25) is 0 Å². The van der Waals surface area contributed by atoms with Crippen molar-refractivity contribution >= 4 is 0 Å². The minimum absolute atomic E-state index is 0.612. The number of rotatable bonds is 3. The van der Waals surface area contributed by atoms with E-state index in [1.54, 1.807) is 0 Å². The highest BCUT2D eigenvalue weighted by Gasteiger charge is 2.31. The van der Waals surface area contributed by atoms with Gasteiger partial charge in [-0.3, -0.25) is 0 Å². The zero-order chi connectivity index (χ0) is 9.26. The summed E-state index contributed by atoms with van der Waals surface area (Å²) < 4.78 is 0. The van der Waals surface area contributed by atoms with Gasteiger partial charge in [-0.1, -0.05) is 24.3 Å². The summed E-state index contributed by atoms with van der Waals surface area (Å²) in [6.07, 6.45) is 2.74. The first kappa shape index (κ1) is 8.76. The van der Waals surface area contributed by atoms with Crippen molar-refractivity contribution in [1.29, 1.82) is 0 Å². The van der Waals surface area contributed by atoms with Gasteiger partial charge in [0, 0.05) is 0 Å². The predicted molar refractivity (Wildman–Crippen MR) is 55.7 cm³/mol. The molecule has 1 aromatic carbocycles. The van der Waals surface area contributed by atoms with Crippen LogP contribution in [0.5, 0.6) is 0 Å². The fraction of sp³-hybridized carbons (Fsp3) is 0.500. The fourth-order valence-corrected chi connectivity index (χ4v) is 2.07. The normalized spacial score (nSPS) is 18.6. The van der Waals surface area contributed by atoms with E-state index >= 15 is 0 Å². The number of hydrogen-bond acceptors (Lipinski definition) is 1. The monoisotopic (exact) mass is 175 g/mol. The van der Waals surface area contributed by atoms with Gasteiger partial charge >= 0.3 is 0 Å². The molecule has 1 aromatic rings. The van der Waals surface area contributed by atoms with E-state index in [2.05, 4.69) is 31.2 Å². The van der Waals surface area contributed by atoms with Crippen LogP contribution in [0.25, 0.3) is 0 Å². The second-order valence-electron chi connectivity index (χ2n) is 4.04. The van der Waals surface area contributed by atoms with Crippen LogP contribution in [0.3, 0.4) is 0 Å². The lowest BCUT2D eigenvalue weighted by atomic mass is 9.91. The lowest BCUT2D eigenvalue weighted by Crippen LogP contribution is -2.15. The lowest BCUT2D eigenvalue weighted by Gasteiger charge is -2.16. The van der Waals surface area contributed by atoms with Crippen molar-refractivity contribution in [3.05, 3.63) is 35.4 Å². The molecule has 1 fully saturated rings. The zero-order valence-corrected chi connectivity index (χ0v) is 8.16. The average molecular weight is 175 g/mol. The number of aryl methyl sites for hydroxylation is 1. The molecule has 1 aliphatic carbocycles. The van der Waals surface area contributed by atoms with Crippen molar-refractivity contribution in [2.24, 2.45) is 11.7 Å². The molecule has 0 radical (unpaired) electrons. The van der Waals surface area contributed by atoms with Gasteiger partial charge < -0.3 is 5.73 Å². The molecule has 13 heavy (non-hydrogen) atoms. The summed E-state index contributed by atoms with van der Waals surface area (Å²) in [5.74, 6) is 1.48. The Hall–Kier alpha value is -0.820. The summed E-state index contributed by atoms with van der Waals surface area (Å²) in [6.45, 7) is 2.98. The maximum Gasteiger partial charge on any atom is -0.000546 e. The van der Waals surface area contributed by atoms with E-state index in [-0.39, 0.29) is 0 Å². The molecule has 70 valence electrons. The highest BCUT2D eigenvalue weighted by Crippen LogP contribution is 2.42. The average Bonchev–Trinajstić information content (AvgIpc) is 2.93. The summed E-state index contributed by atoms with van der Waals surface area (Å²) in [7, 11) is 0. The van der Waals surface area contributed by atoms with E-state index in [1.807, 2.05) is 0 Å². The molecule has 2 N–H and O–H groups in total. The molecule has 1 saturated carbocycles. The third-order valence-electron chi connectivity index (χ3n) is 3.03. The molecular weight excluding hydrogens is 158 g/mol. The van der Waals surface area contributed by atoms with Crippen LogP contribution in [0.4, 0.5) is 0 Å². The van der Waals surface area contributed by atoms with E-state index in [0.29, 0.717) is 5.92 Å². The van der Waals surface area contributed by atoms with Crippen LogP contribution in [0.1, 0.15) is 29.9 Å². The summed E-state index contributed by atoms with van der Waals surface area (Å²) in [6, 6.07) is 8.62. The minimum atomic E-state index is 0.612. The third kappa shape index (κ3) is 1.75. The Morgan fingerprint density at radius 1 is 1.38 bits per heavy atom. The minimum Gasteiger partial charge on any atom is -0.330 e. The summed E-state index contributed by atoms with van der Waals surface area (Å²) >= 11 is 0. The quantitative estimate of drug-likeness (QED) is 0.750. The van der Waals surface area contributed by atoms with E-state index in [0.717, 1.165) is 12.5 Å². The van der Waals surface area contributed by atoms with Crippen LogP contribution < -0.4 is 5.73 Å². The molecule has 1 aliphatic rings. The molecular formula is C12H17N. The molecule has 0 amide bonds. The van der Waals surface area contributed by atoms with E-state index < -0.39 is 0 Å². The molecule has 0 aromatic heterocycles. The molecule has 1 unspecified atom stereocenters. The predicted octanol–water partition coefficient (Wildman–Crippen LogP) is 2.45. The first-order valence-corrected chi connectivity index (χ1v) is 5.08. The van der Waals surface area contributed by atoms with Gasteiger partial charge in [-0.15, -0.1) is 0 Å². The van der Waals surface area contributed by atoms with Gasteiger partial charge in [0.15, 0.2) is 0 Å². The van der Waals surface area contributed by atoms with Crippen LogP contribution >= 0.6 is 0 Å². The SMILES string of the molecule is Cc1ccccc1C(CN)C1CC1. The first-order chi connectivity index (χ1) is 6.33. The first-order valence-electron chi connectivity index (χ1n) is 5.08. The van der Waals surface area contributed by atoms with Crippen LogP contribution in [0.2, 0.25) is 0 Å². The molecule has 0 spiro atoms. The van der Waals surface area contributed by atoms with Crippen LogP contribution in [0.15, 0.2) is 24.3 Å². The fourth-order valence-electron chi connectivity index (χ4n) is 2.07. The van der Waals surface area contributed by atoms with Crippen molar-refractivity contribution in [1.82, 2.24) is 0 Å². The number of benzene rings is 1. The van der Waals surface area contributed by atoms with Crippen molar-refractivity contribution in [3.63, 3.8) is 0 Å². The maximum absolute atomic E-state index is 5.81. The van der Waals surface area contributed by atoms with E-state index in [4.69, 9.17) is 5.73 Å². The Labute approximate surface area is 80.0 Å². The topological polar surface area (TPSA) is 26.0 Å². The summed E-state index contributed by atoms with van der Waals surface area (Å²) in [5, 5.41) is 0. The van der Waals surface area contributed by atoms with Gasteiger partial charge in [0.25, 0.3) is 0 Å². The molecule has 0 bridgehead atoms. The molecule has 1 nitrogen and oxygen atoms in total. The van der Waals surface area contributed by atoms with Gasteiger partial charge in [-0.05, 0) is 49.3 Å². The number of hydrogen-bond donors (Lipinski definition) is 1. The number of nitrogens with two attached hydrogens (primary N) is 1. The van der Waals surface area contributed by atoms with Crippen molar-refractivity contribution in [2.75, 3.05) is 6.54 Å². The third-order valence-corrected chi connectivity index (χ3v) is 3.03. The van der Waals surface area contributed by atoms with E-state index in [9.17, 15) is 0 Å². The largest absolute Gasteiger partial charge is 0.330 e. The molecule has 0 saturated heterocycles. The second-order valence-corrected chi connectivity index (χ2v) is 4.04. The maximum atomic E-state index is 5.81. The van der Waals surface area contributed by atoms with E-state index in [1.165, 1.54) is 24.0 Å². The Morgan fingerprint density at radius 2 is 2.08 bits per heavy atom. The van der Waals surface area contributed by atoms with Gasteiger partial charge in [-0.25, -0.2) is 0 Å². The van der Waals surface area contributed by atoms with Crippen molar-refractivity contribution < 1.29 is 0 Å². The molecule has 1 heteroatoms. The molecule has 0 aliphatic heterocycles. The Morgan fingerprint density at radius 3 is 2.62 bits per heavy atom. The van der Waals surface area contributed by atoms with Gasteiger partial charge in [-0.2, -0.15) is 0 Å². The highest BCUT2D eigenvalue weighted by molar-refractivity contribution is 5.30. The smallest absolute Gasteiger partial charge is 0.000546 e. The Bertz CT molecular complexity index is 289. The second kappa shape index (κ2) is 3.51. The molecule has 2 rings (SSSR count). The van der Waals surface area contributed by atoms with Crippen molar-refractivity contribution in [3.8, 4) is 0 Å². The molecule has 0 heterocycles. The Balaban J connectivity index is 2.26. The summed E-state index contributed by atoms with van der Waals surface area (Å²) in [4.78, 5) is 0. The van der Waals surface area contributed by atoms with Crippen LogP contribution in [-0.4, -0.2) is 6.54 Å². The zero-order valence-electron chi connectivity index (χ0n) is 8.16. The lowest BCUT2D eigenvalue weighted by molar-refractivity contribution is 0.612. The highest BCUT2D eigenvalue weighted by atomic mass is 14.6. The van der Waals surface area contributed by atoms with Gasteiger partial charge in [0.05, 0.1) is 0 Å². The van der Waals surface area contributed by atoms with Crippen LogP contribution in [-0.2, 0) is 0 Å². The Kier molecular flexibility index (Phi) is 2.36. The summed E-state index contributed by atoms with van der Waals surface area (Å²) in [5.41, 5.74) is 8.67. The molecule has 1 atom stereocenters. The standard InChI is InChI=1S/C12H17N/c1-9-4-2-3-5-11(9)12(8-13)10-6-7-10/h2-5,10,12H,6-8,13H2,1H3. The van der Waals surface area contributed by atoms with Crippen molar-refractivity contribution in [2.45, 2.75) is 25.7 Å². The van der Waals surface area contributed by atoms with Crippen LogP contribution in [0, 0.1) is 12.8 Å². The van der Waals surface area contributed by atoms with Gasteiger partial charge in [0.1, 0.15) is 0 Å².